The number of rotatable bonds is 3. The number of benzene rings is 2. The minimum absolute atomic E-state index is 0.0312. The lowest BCUT2D eigenvalue weighted by Crippen LogP contribution is -2.39. The molecule has 1 unspecified atom stereocenters. The molecule has 0 radical (unpaired) electrons. The fourth-order valence-electron chi connectivity index (χ4n) is 4.11. The summed E-state index contributed by atoms with van der Waals surface area (Å²) in [4.78, 5) is 19.3. The molecule has 1 atom stereocenters. The van der Waals surface area contributed by atoms with E-state index in [9.17, 15) is 4.79 Å². The van der Waals surface area contributed by atoms with Crippen LogP contribution in [0, 0.1) is 6.92 Å². The molecule has 5 rings (SSSR count). The van der Waals surface area contributed by atoms with Gasteiger partial charge in [-0.25, -0.2) is 0 Å². The number of amides is 1. The maximum atomic E-state index is 13.0. The molecule has 1 aliphatic heterocycles. The molecule has 0 bridgehead atoms. The van der Waals surface area contributed by atoms with Gasteiger partial charge < -0.3 is 9.32 Å². The van der Waals surface area contributed by atoms with Crippen LogP contribution in [0.15, 0.2) is 65.2 Å². The molecule has 6 heteroatoms. The molecule has 1 aliphatic rings. The summed E-state index contributed by atoms with van der Waals surface area (Å²) in [7, 11) is 0. The first-order valence-electron chi connectivity index (χ1n) is 10.2. The number of pyridine rings is 1. The van der Waals surface area contributed by atoms with Crippen molar-refractivity contribution in [2.24, 2.45) is 0 Å². The van der Waals surface area contributed by atoms with Crippen LogP contribution in [0.1, 0.15) is 40.6 Å². The van der Waals surface area contributed by atoms with Gasteiger partial charge >= 0.3 is 0 Å². The Morgan fingerprint density at radius 1 is 1.10 bits per heavy atom. The van der Waals surface area contributed by atoms with Crippen molar-refractivity contribution in [2.45, 2.75) is 25.7 Å². The summed E-state index contributed by atoms with van der Waals surface area (Å²) in [5.74, 6) is 1.08. The Morgan fingerprint density at radius 2 is 2.00 bits per heavy atom. The minimum atomic E-state index is 0.0312. The normalized spacial score (nSPS) is 16.7. The molecular formula is C24H22N4O2. The lowest BCUT2D eigenvalue weighted by atomic mass is 9.97. The minimum Gasteiger partial charge on any atom is -0.419 e. The van der Waals surface area contributed by atoms with E-state index in [1.165, 1.54) is 0 Å². The molecule has 1 amide bonds. The first-order valence-corrected chi connectivity index (χ1v) is 10.2. The number of nitrogens with zero attached hydrogens (tertiary/aromatic N) is 4. The van der Waals surface area contributed by atoms with Gasteiger partial charge in [-0.3, -0.25) is 9.78 Å². The fourth-order valence-corrected chi connectivity index (χ4v) is 4.11. The van der Waals surface area contributed by atoms with Crippen molar-refractivity contribution in [3.05, 3.63) is 77.8 Å². The van der Waals surface area contributed by atoms with Crippen molar-refractivity contribution >= 4 is 16.7 Å². The fraction of sp³-hybridized carbons (Fsp3) is 0.250. The number of aromatic nitrogens is 3. The van der Waals surface area contributed by atoms with Gasteiger partial charge in [0.1, 0.15) is 5.69 Å². The van der Waals surface area contributed by atoms with Crippen LogP contribution < -0.4 is 0 Å². The predicted octanol–water partition coefficient (Wildman–Crippen LogP) is 4.61. The molecule has 1 saturated heterocycles. The summed E-state index contributed by atoms with van der Waals surface area (Å²) >= 11 is 0. The summed E-state index contributed by atoms with van der Waals surface area (Å²) in [6, 6.07) is 17.7. The summed E-state index contributed by atoms with van der Waals surface area (Å²) in [5.41, 5.74) is 2.50. The summed E-state index contributed by atoms with van der Waals surface area (Å²) in [6.07, 6.45) is 3.58. The summed E-state index contributed by atoms with van der Waals surface area (Å²) in [6.45, 7) is 3.32. The van der Waals surface area contributed by atoms with Crippen LogP contribution >= 0.6 is 0 Å². The molecule has 0 saturated carbocycles. The third-order valence-electron chi connectivity index (χ3n) is 5.64. The number of hydrogen-bond donors (Lipinski definition) is 0. The van der Waals surface area contributed by atoms with Crippen LogP contribution in [-0.4, -0.2) is 39.1 Å². The second kappa shape index (κ2) is 7.71. The molecular weight excluding hydrogens is 376 g/mol. The molecule has 2 aromatic carbocycles. The Labute approximate surface area is 174 Å². The highest BCUT2D eigenvalue weighted by molar-refractivity contribution is 5.94. The second-order valence-corrected chi connectivity index (χ2v) is 7.79. The van der Waals surface area contributed by atoms with Crippen molar-refractivity contribution in [1.82, 2.24) is 20.1 Å². The van der Waals surface area contributed by atoms with E-state index in [1.807, 2.05) is 66.4 Å². The van der Waals surface area contributed by atoms with E-state index < -0.39 is 0 Å². The highest BCUT2D eigenvalue weighted by Crippen LogP contribution is 2.31. The number of piperidine rings is 1. The lowest BCUT2D eigenvalue weighted by molar-refractivity contribution is 0.0698. The van der Waals surface area contributed by atoms with Crippen molar-refractivity contribution in [3.8, 4) is 11.6 Å². The van der Waals surface area contributed by atoms with Crippen molar-refractivity contribution in [1.29, 1.82) is 0 Å². The van der Waals surface area contributed by atoms with Gasteiger partial charge in [0.2, 0.25) is 5.89 Å². The van der Waals surface area contributed by atoms with E-state index in [0.29, 0.717) is 24.0 Å². The van der Waals surface area contributed by atoms with Gasteiger partial charge in [-0.1, -0.05) is 42.0 Å². The van der Waals surface area contributed by atoms with Gasteiger partial charge in [0.05, 0.1) is 5.92 Å². The number of aryl methyl sites for hydroxylation is 1. The third kappa shape index (κ3) is 3.45. The van der Waals surface area contributed by atoms with E-state index in [-0.39, 0.29) is 11.8 Å². The van der Waals surface area contributed by atoms with E-state index in [1.54, 1.807) is 6.20 Å². The number of fused-ring (bicyclic) bond motifs is 1. The Hall–Kier alpha value is -3.54. The van der Waals surface area contributed by atoms with Crippen molar-refractivity contribution < 1.29 is 9.21 Å². The molecule has 1 fully saturated rings. The Bertz CT molecular complexity index is 1210. The molecule has 2 aromatic heterocycles. The van der Waals surface area contributed by atoms with E-state index >= 15 is 0 Å². The number of hydrogen-bond acceptors (Lipinski definition) is 5. The number of carbonyl (C=O) groups excluding carboxylic acids is 1. The molecule has 0 spiro atoms. The van der Waals surface area contributed by atoms with Crippen LogP contribution in [-0.2, 0) is 0 Å². The average molecular weight is 398 g/mol. The van der Waals surface area contributed by atoms with Crippen LogP contribution in [0.3, 0.4) is 0 Å². The molecule has 3 heterocycles. The van der Waals surface area contributed by atoms with E-state index in [2.05, 4.69) is 15.2 Å². The van der Waals surface area contributed by atoms with Crippen LogP contribution in [0.25, 0.3) is 22.4 Å². The third-order valence-corrected chi connectivity index (χ3v) is 5.64. The van der Waals surface area contributed by atoms with E-state index in [0.717, 1.165) is 41.3 Å². The zero-order chi connectivity index (χ0) is 20.5. The topological polar surface area (TPSA) is 72.1 Å². The molecule has 150 valence electrons. The Morgan fingerprint density at radius 3 is 2.90 bits per heavy atom. The lowest BCUT2D eigenvalue weighted by Gasteiger charge is -2.31. The smallest absolute Gasteiger partial charge is 0.266 e. The first kappa shape index (κ1) is 18.5. The largest absolute Gasteiger partial charge is 0.419 e. The molecule has 6 nitrogen and oxygen atoms in total. The Balaban J connectivity index is 1.39. The maximum Gasteiger partial charge on any atom is 0.266 e. The molecule has 0 N–H and O–H groups in total. The highest BCUT2D eigenvalue weighted by atomic mass is 16.4. The first-order chi connectivity index (χ1) is 14.7. The zero-order valence-electron chi connectivity index (χ0n) is 16.8. The SMILES string of the molecule is Cc1cccc(C(=O)N2CCCC(c3nnc(-c4nccc5ccccc45)o3)C2)c1. The Kier molecular flexibility index (Phi) is 4.75. The van der Waals surface area contributed by atoms with Gasteiger partial charge in [0, 0.05) is 30.2 Å². The van der Waals surface area contributed by atoms with Crippen LogP contribution in [0.2, 0.25) is 0 Å². The van der Waals surface area contributed by atoms with Gasteiger partial charge in [0.25, 0.3) is 11.8 Å². The van der Waals surface area contributed by atoms with Gasteiger partial charge in [0.15, 0.2) is 0 Å². The van der Waals surface area contributed by atoms with Gasteiger partial charge in [-0.2, -0.15) is 0 Å². The predicted molar refractivity (Wildman–Crippen MR) is 114 cm³/mol. The monoisotopic (exact) mass is 398 g/mol. The highest BCUT2D eigenvalue weighted by Gasteiger charge is 2.29. The number of likely N-dealkylation sites (tertiary alicyclic amines) is 1. The quantitative estimate of drug-likeness (QED) is 0.504. The molecule has 30 heavy (non-hydrogen) atoms. The molecule has 4 aromatic rings. The van der Waals surface area contributed by atoms with Gasteiger partial charge in [-0.05, 0) is 43.4 Å². The summed E-state index contributed by atoms with van der Waals surface area (Å²) < 4.78 is 6.05. The average Bonchev–Trinajstić information content (AvgIpc) is 3.28. The maximum absolute atomic E-state index is 13.0. The number of carbonyl (C=O) groups is 1. The second-order valence-electron chi connectivity index (χ2n) is 7.79. The van der Waals surface area contributed by atoms with Crippen LogP contribution in [0.4, 0.5) is 0 Å². The van der Waals surface area contributed by atoms with E-state index in [4.69, 9.17) is 4.42 Å². The van der Waals surface area contributed by atoms with Crippen molar-refractivity contribution in [2.75, 3.05) is 13.1 Å². The standard InChI is InChI=1S/C24H22N4O2/c1-16-6-4-8-18(14-16)24(29)28-13-5-9-19(15-28)22-26-27-23(30-22)21-20-10-3-2-7-17(20)11-12-25-21/h2-4,6-8,10-12,14,19H,5,9,13,15H2,1H3. The summed E-state index contributed by atoms with van der Waals surface area (Å²) in [5, 5.41) is 10.6. The zero-order valence-corrected chi connectivity index (χ0v) is 16.8. The van der Waals surface area contributed by atoms with Crippen LogP contribution in [0.5, 0.6) is 0 Å². The molecule has 0 aliphatic carbocycles. The van der Waals surface area contributed by atoms with Crippen molar-refractivity contribution in [3.63, 3.8) is 0 Å². The van der Waals surface area contributed by atoms with Gasteiger partial charge in [-0.15, -0.1) is 10.2 Å².